The van der Waals surface area contributed by atoms with E-state index in [1.165, 1.54) is 0 Å². The zero-order valence-electron chi connectivity index (χ0n) is 9.88. The average molecular weight is 274 g/mol. The lowest BCUT2D eigenvalue weighted by Gasteiger charge is -2.18. The zero-order chi connectivity index (χ0) is 13.4. The number of nitrogens with zero attached hydrogens (tertiary/aromatic N) is 1. The van der Waals surface area contributed by atoms with Crippen LogP contribution in [0, 0.1) is 0 Å². The Hall–Kier alpha value is -1.14. The van der Waals surface area contributed by atoms with Crippen molar-refractivity contribution in [2.75, 3.05) is 32.8 Å². The summed E-state index contributed by atoms with van der Waals surface area (Å²) < 4.78 is 5.09. The van der Waals surface area contributed by atoms with Crippen molar-refractivity contribution in [1.29, 1.82) is 0 Å². The average Bonchev–Trinajstić information content (AvgIpc) is 2.33. The van der Waals surface area contributed by atoms with E-state index in [2.05, 4.69) is 0 Å². The van der Waals surface area contributed by atoms with Crippen molar-refractivity contribution in [3.05, 3.63) is 29.3 Å². The van der Waals surface area contributed by atoms with E-state index < -0.39 is 5.97 Å². The molecule has 0 radical (unpaired) electrons. The van der Waals surface area contributed by atoms with Crippen molar-refractivity contribution in [3.63, 3.8) is 0 Å². The van der Waals surface area contributed by atoms with Gasteiger partial charge in [-0.2, -0.15) is 0 Å². The highest BCUT2D eigenvalue weighted by Crippen LogP contribution is 2.15. The van der Waals surface area contributed by atoms with E-state index in [1.807, 2.05) is 0 Å². The van der Waals surface area contributed by atoms with Gasteiger partial charge in [-0.1, -0.05) is 11.6 Å². The minimum atomic E-state index is -0.445. The number of aliphatic hydroxyl groups is 2. The normalized spacial score (nSPS) is 10.7. The maximum atomic E-state index is 11.6. The molecule has 1 aromatic rings. The van der Waals surface area contributed by atoms with Gasteiger partial charge < -0.3 is 14.9 Å². The van der Waals surface area contributed by atoms with Crippen molar-refractivity contribution >= 4 is 17.6 Å². The van der Waals surface area contributed by atoms with E-state index >= 15 is 0 Å². The molecule has 0 fully saturated rings. The van der Waals surface area contributed by atoms with Crippen LogP contribution in [-0.2, 0) is 4.79 Å². The van der Waals surface area contributed by atoms with E-state index in [0.29, 0.717) is 23.9 Å². The number of ether oxygens (including phenoxy) is 1. The number of esters is 1. The van der Waals surface area contributed by atoms with E-state index in [0.717, 1.165) is 0 Å². The molecule has 0 amide bonds. The Morgan fingerprint density at radius 1 is 1.17 bits per heavy atom. The monoisotopic (exact) mass is 273 g/mol. The van der Waals surface area contributed by atoms with Crippen molar-refractivity contribution in [1.82, 2.24) is 4.90 Å². The summed E-state index contributed by atoms with van der Waals surface area (Å²) in [6.45, 7) is 0.499. The predicted molar refractivity (Wildman–Crippen MR) is 67.7 cm³/mol. The topological polar surface area (TPSA) is 70.0 Å². The van der Waals surface area contributed by atoms with Gasteiger partial charge >= 0.3 is 5.97 Å². The molecule has 0 bridgehead atoms. The highest BCUT2D eigenvalue weighted by molar-refractivity contribution is 6.30. The molecular formula is C12H16ClNO4. The summed E-state index contributed by atoms with van der Waals surface area (Å²) >= 11 is 5.71. The standard InChI is InChI=1S/C12H16ClNO4/c13-10-1-3-11(4-2-10)18-12(17)9-14(5-7-15)6-8-16/h1-4,15-16H,5-9H2. The van der Waals surface area contributed by atoms with Gasteiger partial charge in [-0.15, -0.1) is 0 Å². The molecule has 5 nitrogen and oxygen atoms in total. The minimum Gasteiger partial charge on any atom is -0.426 e. The smallest absolute Gasteiger partial charge is 0.325 e. The van der Waals surface area contributed by atoms with Gasteiger partial charge in [0.25, 0.3) is 0 Å². The van der Waals surface area contributed by atoms with Crippen molar-refractivity contribution in [2.45, 2.75) is 0 Å². The van der Waals surface area contributed by atoms with Gasteiger partial charge in [0.05, 0.1) is 19.8 Å². The molecule has 1 rings (SSSR count). The second-order valence-corrected chi connectivity index (χ2v) is 4.09. The van der Waals surface area contributed by atoms with Crippen LogP contribution >= 0.6 is 11.6 Å². The Morgan fingerprint density at radius 3 is 2.22 bits per heavy atom. The Kier molecular flexibility index (Phi) is 6.67. The van der Waals surface area contributed by atoms with Crippen LogP contribution in [0.2, 0.25) is 5.02 Å². The molecule has 0 spiro atoms. The van der Waals surface area contributed by atoms with E-state index in [1.54, 1.807) is 29.2 Å². The van der Waals surface area contributed by atoms with Gasteiger partial charge in [-0.05, 0) is 24.3 Å². The first-order valence-electron chi connectivity index (χ1n) is 5.56. The quantitative estimate of drug-likeness (QED) is 0.560. The van der Waals surface area contributed by atoms with E-state index in [4.69, 9.17) is 26.6 Å². The first-order valence-corrected chi connectivity index (χ1v) is 5.94. The third kappa shape index (κ3) is 5.46. The molecule has 0 aliphatic rings. The van der Waals surface area contributed by atoms with Gasteiger partial charge in [-0.25, -0.2) is 0 Å². The number of carbonyl (C=O) groups is 1. The van der Waals surface area contributed by atoms with Crippen LogP contribution in [0.4, 0.5) is 0 Å². The first-order chi connectivity index (χ1) is 8.65. The molecule has 0 aliphatic heterocycles. The Labute approximate surface area is 111 Å². The van der Waals surface area contributed by atoms with Crippen LogP contribution in [0.25, 0.3) is 0 Å². The molecule has 0 atom stereocenters. The fourth-order valence-corrected chi connectivity index (χ4v) is 1.53. The van der Waals surface area contributed by atoms with Crippen molar-refractivity contribution in [3.8, 4) is 5.75 Å². The molecule has 2 N–H and O–H groups in total. The molecule has 0 aliphatic carbocycles. The number of benzene rings is 1. The summed E-state index contributed by atoms with van der Waals surface area (Å²) in [6.07, 6.45) is 0. The number of aliphatic hydroxyl groups excluding tert-OH is 2. The Morgan fingerprint density at radius 2 is 1.72 bits per heavy atom. The first kappa shape index (κ1) is 14.9. The zero-order valence-corrected chi connectivity index (χ0v) is 10.6. The second-order valence-electron chi connectivity index (χ2n) is 3.65. The van der Waals surface area contributed by atoms with Crippen LogP contribution in [-0.4, -0.2) is 53.9 Å². The molecule has 6 heteroatoms. The van der Waals surface area contributed by atoms with Gasteiger partial charge in [0.2, 0.25) is 0 Å². The maximum absolute atomic E-state index is 11.6. The summed E-state index contributed by atoms with van der Waals surface area (Å²) in [5.41, 5.74) is 0. The van der Waals surface area contributed by atoms with E-state index in [9.17, 15) is 4.79 Å². The van der Waals surface area contributed by atoms with Crippen molar-refractivity contribution in [2.24, 2.45) is 0 Å². The van der Waals surface area contributed by atoms with E-state index in [-0.39, 0.29) is 19.8 Å². The number of halogens is 1. The Balaban J connectivity index is 2.46. The Bertz CT molecular complexity index is 363. The maximum Gasteiger partial charge on any atom is 0.325 e. The molecule has 0 saturated carbocycles. The lowest BCUT2D eigenvalue weighted by molar-refractivity contribution is -0.135. The summed E-state index contributed by atoms with van der Waals surface area (Å²) in [7, 11) is 0. The lowest BCUT2D eigenvalue weighted by atomic mass is 10.3. The van der Waals surface area contributed by atoms with Gasteiger partial charge in [0, 0.05) is 18.1 Å². The van der Waals surface area contributed by atoms with Gasteiger partial charge in [0.15, 0.2) is 0 Å². The number of hydrogen-bond donors (Lipinski definition) is 2. The lowest BCUT2D eigenvalue weighted by Crippen LogP contribution is -2.36. The summed E-state index contributed by atoms with van der Waals surface area (Å²) in [5.74, 6) is -0.0310. The predicted octanol–water partition coefficient (Wildman–Crippen LogP) is 0.532. The number of carbonyl (C=O) groups excluding carboxylic acids is 1. The van der Waals surface area contributed by atoms with Crippen LogP contribution < -0.4 is 4.74 Å². The molecule has 0 saturated heterocycles. The highest BCUT2D eigenvalue weighted by atomic mass is 35.5. The number of hydrogen-bond acceptors (Lipinski definition) is 5. The third-order valence-corrected chi connectivity index (χ3v) is 2.48. The van der Waals surface area contributed by atoms with Gasteiger partial charge in [0.1, 0.15) is 5.75 Å². The third-order valence-electron chi connectivity index (χ3n) is 2.23. The molecule has 18 heavy (non-hydrogen) atoms. The molecule has 0 heterocycles. The molecule has 100 valence electrons. The van der Waals surface area contributed by atoms with Crippen LogP contribution in [0.3, 0.4) is 0 Å². The molecule has 0 aromatic heterocycles. The summed E-state index contributed by atoms with van der Waals surface area (Å²) in [6, 6.07) is 6.46. The second kappa shape index (κ2) is 8.05. The molecular weight excluding hydrogens is 258 g/mol. The SMILES string of the molecule is O=C(CN(CCO)CCO)Oc1ccc(Cl)cc1. The summed E-state index contributed by atoms with van der Waals surface area (Å²) in [4.78, 5) is 13.2. The molecule has 0 unspecified atom stereocenters. The largest absolute Gasteiger partial charge is 0.426 e. The van der Waals surface area contributed by atoms with Crippen LogP contribution in [0.15, 0.2) is 24.3 Å². The van der Waals surface area contributed by atoms with Crippen LogP contribution in [0.5, 0.6) is 5.75 Å². The highest BCUT2D eigenvalue weighted by Gasteiger charge is 2.11. The minimum absolute atomic E-state index is 0.0176. The molecule has 1 aromatic carbocycles. The summed E-state index contributed by atoms with van der Waals surface area (Å²) in [5, 5.41) is 18.2. The van der Waals surface area contributed by atoms with Crippen molar-refractivity contribution < 1.29 is 19.7 Å². The van der Waals surface area contributed by atoms with Crippen LogP contribution in [0.1, 0.15) is 0 Å². The number of rotatable bonds is 7. The fraction of sp³-hybridized carbons (Fsp3) is 0.417. The fourth-order valence-electron chi connectivity index (χ4n) is 1.40. The van der Waals surface area contributed by atoms with Gasteiger partial charge in [-0.3, -0.25) is 9.69 Å².